The quantitative estimate of drug-likeness (QED) is 0.808. The van der Waals surface area contributed by atoms with Crippen molar-refractivity contribution < 1.29 is 9.90 Å². The molecular weight excluding hydrogens is 290 g/mol. The lowest BCUT2D eigenvalue weighted by atomic mass is 10.1. The first-order chi connectivity index (χ1) is 9.56. The monoisotopic (exact) mass is 305 g/mol. The summed E-state index contributed by atoms with van der Waals surface area (Å²) in [6.07, 6.45) is 0. The smallest absolute Gasteiger partial charge is 0.355 e. The number of carboxylic acid groups (broad SMARTS) is 1. The molecule has 0 radical (unpaired) electrons. The number of hydrogen-bond acceptors (Lipinski definition) is 4. The summed E-state index contributed by atoms with van der Waals surface area (Å²) in [7, 11) is 0. The lowest BCUT2D eigenvalue weighted by molar-refractivity contribution is 0.0691. The fraction of sp³-hybridized carbons (Fsp3) is 0.200. The number of rotatable bonds is 6. The molecule has 1 heterocycles. The second-order valence-corrected chi connectivity index (χ2v) is 6.34. The summed E-state index contributed by atoms with van der Waals surface area (Å²) in [6, 6.07) is 8.07. The van der Waals surface area contributed by atoms with Gasteiger partial charge in [-0.3, -0.25) is 0 Å². The van der Waals surface area contributed by atoms with Gasteiger partial charge in [0.25, 0.3) is 0 Å². The molecule has 0 aliphatic carbocycles. The number of carboxylic acids is 1. The van der Waals surface area contributed by atoms with Crippen LogP contribution in [0, 0.1) is 0 Å². The van der Waals surface area contributed by atoms with E-state index in [0.29, 0.717) is 0 Å². The van der Waals surface area contributed by atoms with Gasteiger partial charge in [-0.15, -0.1) is 11.3 Å². The van der Waals surface area contributed by atoms with Crippen LogP contribution in [0.1, 0.15) is 23.0 Å². The van der Waals surface area contributed by atoms with Crippen LogP contribution in [0.5, 0.6) is 0 Å². The van der Waals surface area contributed by atoms with E-state index in [0.717, 1.165) is 27.6 Å². The molecule has 0 amide bonds. The van der Waals surface area contributed by atoms with Crippen molar-refractivity contribution in [2.45, 2.75) is 12.7 Å². The molecular formula is C15H15NO2S2. The zero-order valence-electron chi connectivity index (χ0n) is 11.1. The zero-order chi connectivity index (χ0) is 14.5. The Morgan fingerprint density at radius 1 is 1.50 bits per heavy atom. The molecule has 1 aromatic heterocycles. The topological polar surface area (TPSA) is 50.2 Å². The molecule has 5 heteroatoms. The molecule has 0 unspecified atom stereocenters. The predicted molar refractivity (Wildman–Crippen MR) is 85.5 cm³/mol. The van der Waals surface area contributed by atoms with E-state index in [1.807, 2.05) is 30.8 Å². The third-order valence-corrected chi connectivity index (χ3v) is 4.64. The lowest BCUT2D eigenvalue weighted by Gasteiger charge is -2.03. The Labute approximate surface area is 126 Å². The number of thioether (sulfide) groups is 1. The van der Waals surface area contributed by atoms with Crippen molar-refractivity contribution >= 4 is 29.1 Å². The van der Waals surface area contributed by atoms with Crippen molar-refractivity contribution in [1.29, 1.82) is 0 Å². The van der Waals surface area contributed by atoms with E-state index in [9.17, 15) is 4.79 Å². The molecule has 2 rings (SSSR count). The largest absolute Gasteiger partial charge is 0.476 e. The van der Waals surface area contributed by atoms with Crippen molar-refractivity contribution in [2.24, 2.45) is 0 Å². The van der Waals surface area contributed by atoms with Gasteiger partial charge in [0, 0.05) is 22.4 Å². The average Bonchev–Trinajstić information content (AvgIpc) is 2.88. The first kappa shape index (κ1) is 14.8. The maximum absolute atomic E-state index is 10.9. The van der Waals surface area contributed by atoms with E-state index in [1.165, 1.54) is 16.9 Å². The Balaban J connectivity index is 2.12. The predicted octanol–water partition coefficient (Wildman–Crippen LogP) is 4.32. The molecule has 0 aliphatic heterocycles. The van der Waals surface area contributed by atoms with Crippen molar-refractivity contribution in [3.05, 3.63) is 53.1 Å². The van der Waals surface area contributed by atoms with Gasteiger partial charge in [0.1, 0.15) is 5.01 Å². The van der Waals surface area contributed by atoms with Crippen LogP contribution in [0.2, 0.25) is 0 Å². The maximum atomic E-state index is 10.9. The van der Waals surface area contributed by atoms with Gasteiger partial charge in [-0.2, -0.15) is 11.8 Å². The SMILES string of the molecule is C=C(C)CSCc1cccc(-c2nc(C(=O)O)cs2)c1. The molecule has 0 saturated carbocycles. The summed E-state index contributed by atoms with van der Waals surface area (Å²) in [5.74, 6) is 0.878. The normalized spacial score (nSPS) is 10.4. The van der Waals surface area contributed by atoms with Gasteiger partial charge in [-0.05, 0) is 18.6 Å². The molecule has 20 heavy (non-hydrogen) atoms. The summed E-state index contributed by atoms with van der Waals surface area (Å²) in [5, 5.41) is 11.2. The van der Waals surface area contributed by atoms with Crippen molar-refractivity contribution in [3.63, 3.8) is 0 Å². The second kappa shape index (κ2) is 6.72. The van der Waals surface area contributed by atoms with Crippen molar-refractivity contribution in [1.82, 2.24) is 4.98 Å². The fourth-order valence-corrected chi connectivity index (χ4v) is 3.30. The minimum Gasteiger partial charge on any atom is -0.476 e. The molecule has 104 valence electrons. The van der Waals surface area contributed by atoms with Gasteiger partial charge >= 0.3 is 5.97 Å². The second-order valence-electron chi connectivity index (χ2n) is 4.49. The van der Waals surface area contributed by atoms with E-state index < -0.39 is 5.97 Å². The van der Waals surface area contributed by atoms with Crippen molar-refractivity contribution in [2.75, 3.05) is 5.75 Å². The molecule has 0 aliphatic rings. The van der Waals surface area contributed by atoms with Gasteiger partial charge in [0.15, 0.2) is 5.69 Å². The average molecular weight is 305 g/mol. The highest BCUT2D eigenvalue weighted by Gasteiger charge is 2.10. The summed E-state index contributed by atoms with van der Waals surface area (Å²) in [5.41, 5.74) is 3.45. The zero-order valence-corrected chi connectivity index (χ0v) is 12.8. The van der Waals surface area contributed by atoms with Crippen molar-refractivity contribution in [3.8, 4) is 10.6 Å². The van der Waals surface area contributed by atoms with Crippen LogP contribution in [-0.2, 0) is 5.75 Å². The number of aromatic nitrogens is 1. The van der Waals surface area contributed by atoms with E-state index in [1.54, 1.807) is 5.38 Å². The highest BCUT2D eigenvalue weighted by Crippen LogP contribution is 2.26. The molecule has 0 fully saturated rings. The number of benzene rings is 1. The molecule has 0 spiro atoms. The Morgan fingerprint density at radius 2 is 2.30 bits per heavy atom. The van der Waals surface area contributed by atoms with Crippen LogP contribution in [0.3, 0.4) is 0 Å². The minimum atomic E-state index is -0.985. The standard InChI is InChI=1S/C15H15NO2S2/c1-10(2)7-19-8-11-4-3-5-12(6-11)14-16-13(9-20-14)15(17)18/h3-6,9H,1,7-8H2,2H3,(H,17,18). The number of aromatic carboxylic acids is 1. The van der Waals surface area contributed by atoms with Gasteiger partial charge in [-0.25, -0.2) is 9.78 Å². The Bertz CT molecular complexity index is 634. The number of thiazole rings is 1. The summed E-state index contributed by atoms with van der Waals surface area (Å²) in [4.78, 5) is 15.0. The number of carbonyl (C=O) groups is 1. The fourth-order valence-electron chi connectivity index (χ4n) is 1.64. The summed E-state index contributed by atoms with van der Waals surface area (Å²) >= 11 is 3.17. The van der Waals surface area contributed by atoms with E-state index >= 15 is 0 Å². The van der Waals surface area contributed by atoms with Crippen LogP contribution in [0.25, 0.3) is 10.6 Å². The third-order valence-electron chi connectivity index (χ3n) is 2.51. The van der Waals surface area contributed by atoms with E-state index in [-0.39, 0.29) is 5.69 Å². The first-order valence-corrected chi connectivity index (χ1v) is 8.10. The first-order valence-electron chi connectivity index (χ1n) is 6.06. The van der Waals surface area contributed by atoms with Crippen LogP contribution in [0.4, 0.5) is 0 Å². The highest BCUT2D eigenvalue weighted by atomic mass is 32.2. The van der Waals surface area contributed by atoms with Crippen LogP contribution < -0.4 is 0 Å². The lowest BCUT2D eigenvalue weighted by Crippen LogP contribution is -1.95. The number of hydrogen-bond donors (Lipinski definition) is 1. The Kier molecular flexibility index (Phi) is 4.98. The van der Waals surface area contributed by atoms with Gasteiger partial charge in [0.05, 0.1) is 0 Å². The Hall–Kier alpha value is -1.59. The van der Waals surface area contributed by atoms with E-state index in [2.05, 4.69) is 23.7 Å². The van der Waals surface area contributed by atoms with Gasteiger partial charge in [-0.1, -0.05) is 30.4 Å². The van der Waals surface area contributed by atoms with Gasteiger partial charge in [0.2, 0.25) is 0 Å². The molecule has 0 atom stereocenters. The van der Waals surface area contributed by atoms with Crippen LogP contribution in [0.15, 0.2) is 41.8 Å². The molecule has 0 bridgehead atoms. The molecule has 0 saturated heterocycles. The molecule has 1 aromatic carbocycles. The molecule has 2 aromatic rings. The maximum Gasteiger partial charge on any atom is 0.355 e. The molecule has 1 N–H and O–H groups in total. The Morgan fingerprint density at radius 3 is 2.95 bits per heavy atom. The molecule has 3 nitrogen and oxygen atoms in total. The minimum absolute atomic E-state index is 0.104. The highest BCUT2D eigenvalue weighted by molar-refractivity contribution is 7.98. The van der Waals surface area contributed by atoms with Crippen LogP contribution >= 0.6 is 23.1 Å². The van der Waals surface area contributed by atoms with E-state index in [4.69, 9.17) is 5.11 Å². The summed E-state index contributed by atoms with van der Waals surface area (Å²) < 4.78 is 0. The summed E-state index contributed by atoms with van der Waals surface area (Å²) in [6.45, 7) is 5.91. The third kappa shape index (κ3) is 3.95. The van der Waals surface area contributed by atoms with Gasteiger partial charge < -0.3 is 5.11 Å². The number of nitrogens with zero attached hydrogens (tertiary/aromatic N) is 1. The van der Waals surface area contributed by atoms with Crippen LogP contribution in [-0.4, -0.2) is 21.8 Å².